The molecule has 0 aliphatic heterocycles. The third kappa shape index (κ3) is 4.58. The molecule has 0 saturated heterocycles. The molecule has 98 valence electrons. The van der Waals surface area contributed by atoms with Crippen LogP contribution in [-0.4, -0.2) is 11.7 Å². The minimum atomic E-state index is 0.227. The predicted octanol–water partition coefficient (Wildman–Crippen LogP) is 4.79. The molecule has 0 aromatic heterocycles. The summed E-state index contributed by atoms with van der Waals surface area (Å²) in [6, 6.07) is 15.6. The van der Waals surface area contributed by atoms with E-state index >= 15 is 0 Å². The zero-order valence-corrected chi connectivity index (χ0v) is 12.0. The Labute approximate surface area is 121 Å². The molecule has 0 bridgehead atoms. The Kier molecular flexibility index (Phi) is 5.24. The van der Waals surface area contributed by atoms with Crippen LogP contribution in [0.3, 0.4) is 0 Å². The molecule has 0 spiro atoms. The molecule has 0 atom stereocenters. The molecule has 0 fully saturated rings. The first kappa shape index (κ1) is 13.9. The summed E-state index contributed by atoms with van der Waals surface area (Å²) < 4.78 is 1.03. The van der Waals surface area contributed by atoms with Gasteiger partial charge in [0.05, 0.1) is 11.4 Å². The lowest BCUT2D eigenvalue weighted by Crippen LogP contribution is -1.88. The second-order valence-corrected chi connectivity index (χ2v) is 5.09. The molecule has 0 radical (unpaired) electrons. The molecule has 0 unspecified atom stereocenters. The maximum absolute atomic E-state index is 8.78. The summed E-state index contributed by atoms with van der Waals surface area (Å²) in [5.41, 5.74) is 2.86. The Balaban J connectivity index is 2.00. The normalized spacial score (nSPS) is 11.1. The molecular weight excluding hydrogens is 304 g/mol. The molecule has 4 heteroatoms. The molecule has 19 heavy (non-hydrogen) atoms. The number of rotatable bonds is 5. The lowest BCUT2D eigenvalue weighted by Gasteiger charge is -1.99. The fourth-order valence-corrected chi connectivity index (χ4v) is 1.90. The first-order valence-electron chi connectivity index (χ1n) is 6.15. The van der Waals surface area contributed by atoms with Crippen molar-refractivity contribution >= 4 is 27.3 Å². The maximum Gasteiger partial charge on any atom is 0.0857 e. The van der Waals surface area contributed by atoms with Crippen molar-refractivity contribution in [2.24, 2.45) is 10.2 Å². The maximum atomic E-state index is 8.78. The standard InChI is InChI=1S/C15H15BrN2O/c16-13-5-9-15(10-6-13)18-17-14-7-3-12(4-8-14)2-1-11-19/h3-10,19H,1-2,11H2. The Morgan fingerprint density at radius 2 is 1.37 bits per heavy atom. The van der Waals surface area contributed by atoms with Gasteiger partial charge in [0.1, 0.15) is 0 Å². The number of hydrogen-bond acceptors (Lipinski definition) is 3. The van der Waals surface area contributed by atoms with Crippen molar-refractivity contribution in [2.75, 3.05) is 6.61 Å². The van der Waals surface area contributed by atoms with Crippen molar-refractivity contribution in [1.82, 2.24) is 0 Å². The molecule has 2 aromatic carbocycles. The van der Waals surface area contributed by atoms with Crippen molar-refractivity contribution in [1.29, 1.82) is 0 Å². The Morgan fingerprint density at radius 1 is 0.842 bits per heavy atom. The van der Waals surface area contributed by atoms with Crippen LogP contribution in [0.5, 0.6) is 0 Å². The quantitative estimate of drug-likeness (QED) is 0.791. The molecule has 0 amide bonds. The van der Waals surface area contributed by atoms with Crippen LogP contribution in [0.15, 0.2) is 63.2 Å². The molecule has 3 nitrogen and oxygen atoms in total. The van der Waals surface area contributed by atoms with Gasteiger partial charge in [-0.2, -0.15) is 10.2 Å². The van der Waals surface area contributed by atoms with E-state index in [1.807, 2.05) is 48.5 Å². The van der Waals surface area contributed by atoms with Crippen molar-refractivity contribution in [3.8, 4) is 0 Å². The summed E-state index contributed by atoms with van der Waals surface area (Å²) in [7, 11) is 0. The molecule has 0 heterocycles. The van der Waals surface area contributed by atoms with Crippen molar-refractivity contribution in [3.63, 3.8) is 0 Å². The average Bonchev–Trinajstić information content (AvgIpc) is 2.46. The second-order valence-electron chi connectivity index (χ2n) is 4.17. The minimum Gasteiger partial charge on any atom is -0.396 e. The van der Waals surface area contributed by atoms with E-state index in [9.17, 15) is 0 Å². The zero-order valence-electron chi connectivity index (χ0n) is 10.5. The first-order valence-corrected chi connectivity index (χ1v) is 6.94. The largest absolute Gasteiger partial charge is 0.396 e. The zero-order chi connectivity index (χ0) is 13.5. The van der Waals surface area contributed by atoms with Crippen LogP contribution in [0.2, 0.25) is 0 Å². The van der Waals surface area contributed by atoms with Gasteiger partial charge in [-0.15, -0.1) is 0 Å². The summed E-state index contributed by atoms with van der Waals surface area (Å²) in [5.74, 6) is 0. The van der Waals surface area contributed by atoms with E-state index in [1.54, 1.807) is 0 Å². The van der Waals surface area contributed by atoms with Gasteiger partial charge in [0.2, 0.25) is 0 Å². The smallest absolute Gasteiger partial charge is 0.0857 e. The molecule has 2 aromatic rings. The lowest BCUT2D eigenvalue weighted by atomic mass is 10.1. The molecule has 2 rings (SSSR count). The van der Waals surface area contributed by atoms with E-state index in [0.29, 0.717) is 0 Å². The lowest BCUT2D eigenvalue weighted by molar-refractivity contribution is 0.288. The number of halogens is 1. The van der Waals surface area contributed by atoms with Gasteiger partial charge in [0.15, 0.2) is 0 Å². The number of benzene rings is 2. The third-order valence-electron chi connectivity index (χ3n) is 2.67. The van der Waals surface area contributed by atoms with Gasteiger partial charge in [0.25, 0.3) is 0 Å². The van der Waals surface area contributed by atoms with Gasteiger partial charge in [-0.1, -0.05) is 28.1 Å². The number of aryl methyl sites for hydroxylation is 1. The molecule has 0 saturated carbocycles. The van der Waals surface area contributed by atoms with Crippen LogP contribution in [0.4, 0.5) is 11.4 Å². The van der Waals surface area contributed by atoms with Crippen LogP contribution < -0.4 is 0 Å². The summed E-state index contributed by atoms with van der Waals surface area (Å²) in [5, 5.41) is 17.1. The van der Waals surface area contributed by atoms with Gasteiger partial charge >= 0.3 is 0 Å². The Hall–Kier alpha value is -1.52. The molecular formula is C15H15BrN2O. The number of aliphatic hydroxyl groups is 1. The van der Waals surface area contributed by atoms with E-state index in [0.717, 1.165) is 28.7 Å². The van der Waals surface area contributed by atoms with E-state index < -0.39 is 0 Å². The number of aliphatic hydroxyl groups excluding tert-OH is 1. The van der Waals surface area contributed by atoms with Crippen molar-refractivity contribution < 1.29 is 5.11 Å². The predicted molar refractivity (Wildman–Crippen MR) is 80.2 cm³/mol. The highest BCUT2D eigenvalue weighted by molar-refractivity contribution is 9.10. The topological polar surface area (TPSA) is 45.0 Å². The van der Waals surface area contributed by atoms with E-state index in [2.05, 4.69) is 26.2 Å². The van der Waals surface area contributed by atoms with Gasteiger partial charge in [-0.05, 0) is 54.8 Å². The number of azo groups is 1. The summed E-state index contributed by atoms with van der Waals surface area (Å²) in [6.07, 6.45) is 1.68. The molecule has 1 N–H and O–H groups in total. The molecule has 0 aliphatic carbocycles. The molecule has 0 aliphatic rings. The van der Waals surface area contributed by atoms with Crippen molar-refractivity contribution in [3.05, 3.63) is 58.6 Å². The SMILES string of the molecule is OCCCc1ccc(N=Nc2ccc(Br)cc2)cc1. The van der Waals surface area contributed by atoms with E-state index in [-0.39, 0.29) is 6.61 Å². The number of hydrogen-bond donors (Lipinski definition) is 1. The van der Waals surface area contributed by atoms with E-state index in [4.69, 9.17) is 5.11 Å². The first-order chi connectivity index (χ1) is 9.28. The number of nitrogens with zero attached hydrogens (tertiary/aromatic N) is 2. The van der Waals surface area contributed by atoms with Gasteiger partial charge in [-0.3, -0.25) is 0 Å². The average molecular weight is 319 g/mol. The monoisotopic (exact) mass is 318 g/mol. The highest BCUT2D eigenvalue weighted by Crippen LogP contribution is 2.20. The highest BCUT2D eigenvalue weighted by atomic mass is 79.9. The van der Waals surface area contributed by atoms with E-state index in [1.165, 1.54) is 5.56 Å². The van der Waals surface area contributed by atoms with Crippen molar-refractivity contribution in [2.45, 2.75) is 12.8 Å². The summed E-state index contributed by atoms with van der Waals surface area (Å²) >= 11 is 3.38. The minimum absolute atomic E-state index is 0.227. The fraction of sp³-hybridized carbons (Fsp3) is 0.200. The summed E-state index contributed by atoms with van der Waals surface area (Å²) in [4.78, 5) is 0. The van der Waals surface area contributed by atoms with Crippen LogP contribution >= 0.6 is 15.9 Å². The highest BCUT2D eigenvalue weighted by Gasteiger charge is 1.94. The van der Waals surface area contributed by atoms with Gasteiger partial charge in [0, 0.05) is 11.1 Å². The Morgan fingerprint density at radius 3 is 1.89 bits per heavy atom. The summed E-state index contributed by atoms with van der Waals surface area (Å²) in [6.45, 7) is 0.227. The van der Waals surface area contributed by atoms with Crippen LogP contribution in [0.25, 0.3) is 0 Å². The van der Waals surface area contributed by atoms with Crippen LogP contribution in [0, 0.1) is 0 Å². The second kappa shape index (κ2) is 7.16. The van der Waals surface area contributed by atoms with Gasteiger partial charge < -0.3 is 5.11 Å². The fourth-order valence-electron chi connectivity index (χ4n) is 1.64. The Bertz CT molecular complexity index is 535. The van der Waals surface area contributed by atoms with Crippen LogP contribution in [0.1, 0.15) is 12.0 Å². The third-order valence-corrected chi connectivity index (χ3v) is 3.20. The van der Waals surface area contributed by atoms with Crippen LogP contribution in [-0.2, 0) is 6.42 Å². The van der Waals surface area contributed by atoms with Gasteiger partial charge in [-0.25, -0.2) is 0 Å².